The molecule has 1 unspecified atom stereocenters. The standard InChI is InChI=1S/C11H15NO5S2/c1-4-7-5-8(11(14)15)10(18-7)12-9(13)6(2)19(3,16)17/h5-6H,4H2,1-3H3,(H,12,13)(H,14,15). The fourth-order valence-electron chi connectivity index (χ4n) is 1.28. The van der Waals surface area contributed by atoms with E-state index in [0.717, 1.165) is 22.5 Å². The van der Waals surface area contributed by atoms with Crippen LogP contribution in [0.15, 0.2) is 6.07 Å². The number of carbonyl (C=O) groups is 2. The Morgan fingerprint density at radius 1 is 1.47 bits per heavy atom. The molecule has 0 aliphatic rings. The van der Waals surface area contributed by atoms with E-state index in [2.05, 4.69) is 5.32 Å². The molecule has 1 amide bonds. The Balaban J connectivity index is 3.03. The number of sulfone groups is 1. The smallest absolute Gasteiger partial charge is 0.338 e. The van der Waals surface area contributed by atoms with Crippen molar-refractivity contribution in [2.45, 2.75) is 25.5 Å². The summed E-state index contributed by atoms with van der Waals surface area (Å²) in [5.41, 5.74) is -0.0177. The molecule has 0 spiro atoms. The third-order valence-electron chi connectivity index (χ3n) is 2.61. The summed E-state index contributed by atoms with van der Waals surface area (Å²) in [5, 5.41) is 10.3. The molecule has 0 fully saturated rings. The molecule has 0 aromatic carbocycles. The summed E-state index contributed by atoms with van der Waals surface area (Å²) in [4.78, 5) is 23.6. The van der Waals surface area contributed by atoms with Gasteiger partial charge in [-0.1, -0.05) is 6.92 Å². The highest BCUT2D eigenvalue weighted by Gasteiger charge is 2.25. The second-order valence-electron chi connectivity index (χ2n) is 4.08. The first kappa shape index (κ1) is 15.6. The van der Waals surface area contributed by atoms with Gasteiger partial charge in [-0.05, 0) is 19.4 Å². The van der Waals surface area contributed by atoms with Crippen LogP contribution in [-0.4, -0.2) is 36.9 Å². The van der Waals surface area contributed by atoms with Crippen molar-refractivity contribution in [3.63, 3.8) is 0 Å². The SMILES string of the molecule is CCc1cc(C(=O)O)c(NC(=O)C(C)S(C)(=O)=O)s1. The average molecular weight is 305 g/mol. The molecule has 0 saturated heterocycles. The van der Waals surface area contributed by atoms with Gasteiger partial charge in [-0.15, -0.1) is 11.3 Å². The monoisotopic (exact) mass is 305 g/mol. The van der Waals surface area contributed by atoms with Crippen LogP contribution in [0.2, 0.25) is 0 Å². The number of aromatic carboxylic acids is 1. The Morgan fingerprint density at radius 3 is 2.47 bits per heavy atom. The Morgan fingerprint density at radius 2 is 2.05 bits per heavy atom. The van der Waals surface area contributed by atoms with E-state index in [4.69, 9.17) is 5.11 Å². The highest BCUT2D eigenvalue weighted by molar-refractivity contribution is 7.92. The van der Waals surface area contributed by atoms with E-state index >= 15 is 0 Å². The van der Waals surface area contributed by atoms with Gasteiger partial charge >= 0.3 is 5.97 Å². The fraction of sp³-hybridized carbons (Fsp3) is 0.455. The number of hydrogen-bond donors (Lipinski definition) is 2. The number of carboxylic acid groups (broad SMARTS) is 1. The van der Waals surface area contributed by atoms with Crippen molar-refractivity contribution < 1.29 is 23.1 Å². The van der Waals surface area contributed by atoms with Gasteiger partial charge in [-0.3, -0.25) is 4.79 Å². The summed E-state index contributed by atoms with van der Waals surface area (Å²) in [6.07, 6.45) is 1.60. The third kappa shape index (κ3) is 3.77. The Bertz CT molecular complexity index is 603. The molecule has 19 heavy (non-hydrogen) atoms. The molecule has 8 heteroatoms. The highest BCUT2D eigenvalue weighted by atomic mass is 32.2. The van der Waals surface area contributed by atoms with Crippen LogP contribution in [0.5, 0.6) is 0 Å². The molecule has 6 nitrogen and oxygen atoms in total. The minimum Gasteiger partial charge on any atom is -0.478 e. The summed E-state index contributed by atoms with van der Waals surface area (Å²) in [7, 11) is -3.51. The number of nitrogens with one attached hydrogen (secondary N) is 1. The van der Waals surface area contributed by atoms with Crippen LogP contribution in [0.4, 0.5) is 5.00 Å². The van der Waals surface area contributed by atoms with Gasteiger partial charge in [0.1, 0.15) is 10.3 Å². The quantitative estimate of drug-likeness (QED) is 0.856. The molecule has 0 aliphatic heterocycles. The van der Waals surface area contributed by atoms with Crippen molar-refractivity contribution >= 4 is 38.1 Å². The molecule has 2 N–H and O–H groups in total. The topological polar surface area (TPSA) is 101 Å². The number of amides is 1. The zero-order chi connectivity index (χ0) is 14.8. The maximum Gasteiger partial charge on any atom is 0.338 e. The van der Waals surface area contributed by atoms with Crippen molar-refractivity contribution in [3.05, 3.63) is 16.5 Å². The normalized spacial score (nSPS) is 13.0. The summed E-state index contributed by atoms with van der Waals surface area (Å²) in [6, 6.07) is 1.48. The van der Waals surface area contributed by atoms with Gasteiger partial charge in [0, 0.05) is 11.1 Å². The Hall–Kier alpha value is -1.41. The van der Waals surface area contributed by atoms with Gasteiger partial charge < -0.3 is 10.4 Å². The van der Waals surface area contributed by atoms with Crippen molar-refractivity contribution in [1.82, 2.24) is 0 Å². The van der Waals surface area contributed by atoms with Gasteiger partial charge in [-0.25, -0.2) is 13.2 Å². The second-order valence-corrected chi connectivity index (χ2v) is 7.58. The van der Waals surface area contributed by atoms with Crippen molar-refractivity contribution in [2.24, 2.45) is 0 Å². The lowest BCUT2D eigenvalue weighted by molar-refractivity contribution is -0.115. The average Bonchev–Trinajstić information content (AvgIpc) is 2.70. The molecule has 1 rings (SSSR count). The fourth-order valence-corrected chi connectivity index (χ4v) is 2.71. The van der Waals surface area contributed by atoms with Crippen LogP contribution in [0, 0.1) is 0 Å². The molecular formula is C11H15NO5S2. The van der Waals surface area contributed by atoms with Crippen LogP contribution in [-0.2, 0) is 21.1 Å². The lowest BCUT2D eigenvalue weighted by Gasteiger charge is -2.09. The highest BCUT2D eigenvalue weighted by Crippen LogP contribution is 2.29. The lowest BCUT2D eigenvalue weighted by Crippen LogP contribution is -2.31. The lowest BCUT2D eigenvalue weighted by atomic mass is 10.2. The Kier molecular flexibility index (Phi) is 4.70. The van der Waals surface area contributed by atoms with Gasteiger partial charge in [0.2, 0.25) is 5.91 Å². The van der Waals surface area contributed by atoms with Crippen LogP contribution >= 0.6 is 11.3 Å². The van der Waals surface area contributed by atoms with Gasteiger partial charge in [0.05, 0.1) is 5.56 Å². The maximum atomic E-state index is 11.8. The van der Waals surface area contributed by atoms with Crippen molar-refractivity contribution in [1.29, 1.82) is 0 Å². The van der Waals surface area contributed by atoms with Gasteiger partial charge in [0.15, 0.2) is 9.84 Å². The van der Waals surface area contributed by atoms with E-state index in [9.17, 15) is 18.0 Å². The summed E-state index contributed by atoms with van der Waals surface area (Å²) in [5.74, 6) is -1.88. The molecule has 0 saturated carbocycles. The van der Waals surface area contributed by atoms with E-state index in [-0.39, 0.29) is 10.6 Å². The number of thiophene rings is 1. The van der Waals surface area contributed by atoms with Crippen LogP contribution in [0.25, 0.3) is 0 Å². The maximum absolute atomic E-state index is 11.8. The van der Waals surface area contributed by atoms with E-state index in [1.165, 1.54) is 13.0 Å². The Labute approximate surface area is 115 Å². The number of hydrogen-bond acceptors (Lipinski definition) is 5. The van der Waals surface area contributed by atoms with Crippen LogP contribution in [0.1, 0.15) is 29.1 Å². The number of rotatable bonds is 5. The van der Waals surface area contributed by atoms with E-state index in [0.29, 0.717) is 6.42 Å². The van der Waals surface area contributed by atoms with E-state index in [1.807, 2.05) is 6.92 Å². The molecule has 0 bridgehead atoms. The predicted molar refractivity (Wildman–Crippen MR) is 73.6 cm³/mol. The molecule has 106 valence electrons. The zero-order valence-corrected chi connectivity index (χ0v) is 12.4. The van der Waals surface area contributed by atoms with Gasteiger partial charge in [-0.2, -0.15) is 0 Å². The summed E-state index contributed by atoms with van der Waals surface area (Å²) < 4.78 is 22.5. The first-order chi connectivity index (χ1) is 8.66. The first-order valence-electron chi connectivity index (χ1n) is 5.52. The molecule has 1 atom stereocenters. The van der Waals surface area contributed by atoms with Crippen LogP contribution in [0.3, 0.4) is 0 Å². The zero-order valence-electron chi connectivity index (χ0n) is 10.8. The second kappa shape index (κ2) is 5.70. The third-order valence-corrected chi connectivity index (χ3v) is 5.30. The van der Waals surface area contributed by atoms with E-state index in [1.54, 1.807) is 0 Å². The molecule has 0 radical (unpaired) electrons. The van der Waals surface area contributed by atoms with Crippen molar-refractivity contribution in [3.8, 4) is 0 Å². The minimum atomic E-state index is -3.51. The number of carboxylic acids is 1. The first-order valence-corrected chi connectivity index (χ1v) is 8.29. The van der Waals surface area contributed by atoms with Crippen molar-refractivity contribution in [2.75, 3.05) is 11.6 Å². The molecular weight excluding hydrogens is 290 g/mol. The number of carbonyl (C=O) groups excluding carboxylic acids is 1. The largest absolute Gasteiger partial charge is 0.478 e. The van der Waals surface area contributed by atoms with E-state index < -0.39 is 27.0 Å². The molecule has 1 aromatic rings. The molecule has 1 aromatic heterocycles. The van der Waals surface area contributed by atoms with Crippen LogP contribution < -0.4 is 5.32 Å². The summed E-state index contributed by atoms with van der Waals surface area (Å²) in [6.45, 7) is 3.13. The summed E-state index contributed by atoms with van der Waals surface area (Å²) >= 11 is 1.14. The molecule has 1 heterocycles. The number of aryl methyl sites for hydroxylation is 1. The number of anilines is 1. The predicted octanol–water partition coefficient (Wildman–Crippen LogP) is 1.38. The minimum absolute atomic E-state index is 0.0177. The van der Waals surface area contributed by atoms with Gasteiger partial charge in [0.25, 0.3) is 0 Å². The molecule has 0 aliphatic carbocycles.